The number of hydrogen-bond donors (Lipinski definition) is 0. The van der Waals surface area contributed by atoms with Gasteiger partial charge in [-0.3, -0.25) is 4.79 Å². The fourth-order valence-electron chi connectivity index (χ4n) is 4.15. The first-order valence-corrected chi connectivity index (χ1v) is 12.0. The van der Waals surface area contributed by atoms with E-state index < -0.39 is 0 Å². The Morgan fingerprint density at radius 3 is 2.50 bits per heavy atom. The maximum Gasteiger partial charge on any atom is 0.253 e. The third-order valence-electron chi connectivity index (χ3n) is 6.13. The summed E-state index contributed by atoms with van der Waals surface area (Å²) in [6.45, 7) is 6.47. The Kier molecular flexibility index (Phi) is 5.55. The van der Waals surface area contributed by atoms with E-state index in [0.717, 1.165) is 17.9 Å². The van der Waals surface area contributed by atoms with Crippen LogP contribution in [-0.2, 0) is 12.2 Å². The second-order valence-corrected chi connectivity index (χ2v) is 9.81. The van der Waals surface area contributed by atoms with Gasteiger partial charge in [0.15, 0.2) is 5.78 Å². The van der Waals surface area contributed by atoms with Crippen molar-refractivity contribution in [2.24, 2.45) is 0 Å². The molecule has 0 saturated carbocycles. The summed E-state index contributed by atoms with van der Waals surface area (Å²) in [6.07, 6.45) is 3.06. The first-order chi connectivity index (χ1) is 15.5. The molecule has 0 bridgehead atoms. The Morgan fingerprint density at radius 1 is 1.03 bits per heavy atom. The quantitative estimate of drug-likeness (QED) is 0.368. The molecule has 0 spiro atoms. The van der Waals surface area contributed by atoms with Gasteiger partial charge in [-0.05, 0) is 41.9 Å². The van der Waals surface area contributed by atoms with Crippen LogP contribution < -0.4 is 0 Å². The van der Waals surface area contributed by atoms with Gasteiger partial charge in [-0.1, -0.05) is 79.7 Å². The van der Waals surface area contributed by atoms with Gasteiger partial charge in [0.25, 0.3) is 5.78 Å². The Balaban J connectivity index is 1.37. The SMILES string of the molecule is Cc1ccc(CSc2nc3nc4c(cn3n2)C(=O)CC(c2ccc(C(C)C)cc2)C4)cc1. The van der Waals surface area contributed by atoms with E-state index in [-0.39, 0.29) is 11.7 Å². The zero-order valence-electron chi connectivity index (χ0n) is 18.6. The van der Waals surface area contributed by atoms with Gasteiger partial charge in [0.05, 0.1) is 11.3 Å². The van der Waals surface area contributed by atoms with E-state index in [2.05, 4.69) is 79.4 Å². The smallest absolute Gasteiger partial charge is 0.253 e. The van der Waals surface area contributed by atoms with Crippen molar-refractivity contribution in [3.8, 4) is 0 Å². The van der Waals surface area contributed by atoms with Crippen molar-refractivity contribution in [1.29, 1.82) is 0 Å². The summed E-state index contributed by atoms with van der Waals surface area (Å²) in [5, 5.41) is 5.22. The molecule has 0 amide bonds. The molecule has 2 heterocycles. The lowest BCUT2D eigenvalue weighted by atomic mass is 9.81. The number of benzene rings is 2. The van der Waals surface area contributed by atoms with Gasteiger partial charge in [-0.15, -0.1) is 5.10 Å². The molecule has 0 aliphatic heterocycles. The monoisotopic (exact) mass is 442 g/mol. The molecule has 5 rings (SSSR count). The van der Waals surface area contributed by atoms with E-state index in [1.165, 1.54) is 22.3 Å². The molecule has 0 fully saturated rings. The van der Waals surface area contributed by atoms with Crippen LogP contribution >= 0.6 is 11.8 Å². The van der Waals surface area contributed by atoms with Crippen molar-refractivity contribution in [1.82, 2.24) is 19.6 Å². The van der Waals surface area contributed by atoms with Crippen LogP contribution in [0.5, 0.6) is 0 Å². The van der Waals surface area contributed by atoms with Crippen LogP contribution in [0.3, 0.4) is 0 Å². The lowest BCUT2D eigenvalue weighted by Gasteiger charge is -2.23. The molecule has 5 nitrogen and oxygen atoms in total. The van der Waals surface area contributed by atoms with Crippen molar-refractivity contribution in [2.75, 3.05) is 0 Å². The van der Waals surface area contributed by atoms with Crippen LogP contribution in [0.15, 0.2) is 59.9 Å². The van der Waals surface area contributed by atoms with Crippen molar-refractivity contribution in [2.45, 2.75) is 56.4 Å². The van der Waals surface area contributed by atoms with Gasteiger partial charge in [-0.25, -0.2) is 9.50 Å². The third kappa shape index (κ3) is 4.19. The second kappa shape index (κ2) is 8.51. The second-order valence-electron chi connectivity index (χ2n) is 8.86. The average molecular weight is 443 g/mol. The topological polar surface area (TPSA) is 60.1 Å². The first-order valence-electron chi connectivity index (χ1n) is 11.0. The average Bonchev–Trinajstić information content (AvgIpc) is 3.19. The molecule has 0 radical (unpaired) electrons. The van der Waals surface area contributed by atoms with Crippen molar-refractivity contribution < 1.29 is 4.79 Å². The van der Waals surface area contributed by atoms with Crippen LogP contribution in [0.4, 0.5) is 0 Å². The van der Waals surface area contributed by atoms with Gasteiger partial charge >= 0.3 is 0 Å². The van der Waals surface area contributed by atoms with Gasteiger partial charge in [0.1, 0.15) is 0 Å². The molecule has 2 aromatic heterocycles. The van der Waals surface area contributed by atoms with E-state index in [9.17, 15) is 4.79 Å². The lowest BCUT2D eigenvalue weighted by molar-refractivity contribution is 0.0962. The maximum atomic E-state index is 12.9. The van der Waals surface area contributed by atoms with Crippen molar-refractivity contribution >= 4 is 23.3 Å². The molecule has 32 heavy (non-hydrogen) atoms. The number of hydrogen-bond acceptors (Lipinski definition) is 5. The fraction of sp³-hybridized carbons (Fsp3) is 0.308. The zero-order chi connectivity index (χ0) is 22.2. The summed E-state index contributed by atoms with van der Waals surface area (Å²) < 4.78 is 1.64. The normalized spacial score (nSPS) is 16.0. The van der Waals surface area contributed by atoms with Crippen LogP contribution in [-0.4, -0.2) is 25.4 Å². The highest BCUT2D eigenvalue weighted by atomic mass is 32.2. The summed E-state index contributed by atoms with van der Waals surface area (Å²) >= 11 is 1.58. The molecular formula is C26H26N4OS. The summed E-state index contributed by atoms with van der Waals surface area (Å²) in [7, 11) is 0. The van der Waals surface area contributed by atoms with Gasteiger partial charge in [0.2, 0.25) is 5.16 Å². The van der Waals surface area contributed by atoms with E-state index in [1.807, 2.05) is 0 Å². The minimum absolute atomic E-state index is 0.128. The largest absolute Gasteiger partial charge is 0.294 e. The first kappa shape index (κ1) is 20.9. The number of aryl methyl sites for hydroxylation is 1. The molecule has 1 aliphatic rings. The number of thioether (sulfide) groups is 1. The Morgan fingerprint density at radius 2 is 1.78 bits per heavy atom. The number of fused-ring (bicyclic) bond motifs is 2. The van der Waals surface area contributed by atoms with Crippen molar-refractivity contribution in [3.05, 3.63) is 88.2 Å². The molecule has 162 valence electrons. The molecule has 1 unspecified atom stereocenters. The molecule has 0 N–H and O–H groups in total. The number of ketones is 1. The van der Waals surface area contributed by atoms with E-state index in [4.69, 9.17) is 4.98 Å². The standard InChI is InChI=1S/C26H26N4OS/c1-16(2)19-8-10-20(11-9-19)21-12-23-22(24(31)13-21)14-30-25(27-23)28-26(29-30)32-15-18-6-4-17(3)5-7-18/h4-11,14,16,21H,12-13,15H2,1-3H3. The zero-order valence-corrected chi connectivity index (χ0v) is 19.4. The number of Topliss-reactive ketones (excluding diaryl/α,β-unsaturated/α-hetero) is 1. The summed E-state index contributed by atoms with van der Waals surface area (Å²) in [4.78, 5) is 22.3. The van der Waals surface area contributed by atoms with Crippen molar-refractivity contribution in [3.63, 3.8) is 0 Å². The fourth-order valence-corrected chi connectivity index (χ4v) is 4.93. The van der Waals surface area contributed by atoms with Gasteiger partial charge < -0.3 is 0 Å². The predicted molar refractivity (Wildman–Crippen MR) is 127 cm³/mol. The third-order valence-corrected chi connectivity index (χ3v) is 7.03. The summed E-state index contributed by atoms with van der Waals surface area (Å²) in [5.41, 5.74) is 6.49. The highest BCUT2D eigenvalue weighted by Crippen LogP contribution is 2.33. The highest BCUT2D eigenvalue weighted by Gasteiger charge is 2.28. The van der Waals surface area contributed by atoms with Crippen LogP contribution in [0, 0.1) is 6.92 Å². The Labute approximate surface area is 192 Å². The van der Waals surface area contributed by atoms with Crippen LogP contribution in [0.25, 0.3) is 5.78 Å². The Bertz CT molecular complexity index is 1280. The summed E-state index contributed by atoms with van der Waals surface area (Å²) in [6, 6.07) is 17.1. The summed E-state index contributed by atoms with van der Waals surface area (Å²) in [5.74, 6) is 2.13. The van der Waals surface area contributed by atoms with E-state index in [1.54, 1.807) is 22.5 Å². The number of rotatable bonds is 5. The number of aromatic nitrogens is 4. The van der Waals surface area contributed by atoms with Crippen LogP contribution in [0.2, 0.25) is 0 Å². The minimum Gasteiger partial charge on any atom is -0.294 e. The molecule has 4 aromatic rings. The van der Waals surface area contributed by atoms with Crippen LogP contribution in [0.1, 0.15) is 70.4 Å². The molecule has 1 atom stereocenters. The predicted octanol–water partition coefficient (Wildman–Crippen LogP) is 5.76. The maximum absolute atomic E-state index is 12.9. The molecule has 2 aromatic carbocycles. The highest BCUT2D eigenvalue weighted by molar-refractivity contribution is 7.98. The molecular weight excluding hydrogens is 416 g/mol. The number of carbonyl (C=O) groups is 1. The number of carbonyl (C=O) groups excluding carboxylic acids is 1. The molecule has 0 saturated heterocycles. The van der Waals surface area contributed by atoms with E-state index >= 15 is 0 Å². The van der Waals surface area contributed by atoms with Gasteiger partial charge in [-0.2, -0.15) is 4.98 Å². The lowest BCUT2D eigenvalue weighted by Crippen LogP contribution is -2.21. The minimum atomic E-state index is 0.128. The molecule has 1 aliphatic carbocycles. The van der Waals surface area contributed by atoms with E-state index in [0.29, 0.717) is 28.8 Å². The Hall–Kier alpha value is -2.99. The van der Waals surface area contributed by atoms with Gasteiger partial charge in [0, 0.05) is 18.4 Å². The molecule has 6 heteroatoms. The number of nitrogens with zero attached hydrogens (tertiary/aromatic N) is 4.